The van der Waals surface area contributed by atoms with Crippen molar-refractivity contribution in [1.82, 2.24) is 5.32 Å². The molecule has 1 rings (SSSR count). The Bertz CT molecular complexity index is 676. The molecular formula is C26H41NO3. The maximum Gasteiger partial charge on any atom is 0.224 e. The molecule has 1 N–H and O–H groups in total. The summed E-state index contributed by atoms with van der Waals surface area (Å²) in [5.41, 5.74) is 1.01. The summed E-state index contributed by atoms with van der Waals surface area (Å²) in [6.45, 7) is 14.9. The van der Waals surface area contributed by atoms with Crippen LogP contribution >= 0.6 is 0 Å². The van der Waals surface area contributed by atoms with Gasteiger partial charge in [0.05, 0.1) is 12.6 Å². The number of ether oxygens (including phenoxy) is 1. The fourth-order valence-electron chi connectivity index (χ4n) is 3.35. The Morgan fingerprint density at radius 1 is 1.03 bits per heavy atom. The van der Waals surface area contributed by atoms with E-state index in [0.717, 1.165) is 24.2 Å². The fraction of sp³-hybridized carbons (Fsp3) is 0.615. The second-order valence-corrected chi connectivity index (χ2v) is 9.09. The van der Waals surface area contributed by atoms with Crippen molar-refractivity contribution >= 4 is 11.7 Å². The third kappa shape index (κ3) is 9.60. The van der Waals surface area contributed by atoms with Gasteiger partial charge < -0.3 is 10.1 Å². The van der Waals surface area contributed by atoms with Crippen LogP contribution in [0.2, 0.25) is 0 Å². The first-order chi connectivity index (χ1) is 14.1. The lowest BCUT2D eigenvalue weighted by atomic mass is 9.84. The average Bonchev–Trinajstić information content (AvgIpc) is 2.68. The zero-order valence-electron chi connectivity index (χ0n) is 19.9. The number of nitrogens with one attached hydrogen (secondary N) is 1. The summed E-state index contributed by atoms with van der Waals surface area (Å²) in [5, 5.41) is 3.03. The molecule has 0 unspecified atom stereocenters. The lowest BCUT2D eigenvalue weighted by molar-refractivity contribution is -0.130. The van der Waals surface area contributed by atoms with Crippen LogP contribution in [-0.4, -0.2) is 24.3 Å². The van der Waals surface area contributed by atoms with Crippen molar-refractivity contribution in [1.29, 1.82) is 0 Å². The molecule has 4 nitrogen and oxygen atoms in total. The number of ketones is 1. The summed E-state index contributed by atoms with van der Waals surface area (Å²) in [6.07, 6.45) is 6.52. The smallest absolute Gasteiger partial charge is 0.224 e. The molecule has 0 saturated heterocycles. The predicted molar refractivity (Wildman–Crippen MR) is 125 cm³/mol. The van der Waals surface area contributed by atoms with E-state index in [2.05, 4.69) is 59.0 Å². The van der Waals surface area contributed by atoms with Gasteiger partial charge in [-0.2, -0.15) is 0 Å². The molecule has 0 aliphatic rings. The van der Waals surface area contributed by atoms with Gasteiger partial charge in [0.15, 0.2) is 5.78 Å². The van der Waals surface area contributed by atoms with Gasteiger partial charge in [0.25, 0.3) is 0 Å². The molecule has 4 heteroatoms. The van der Waals surface area contributed by atoms with Crippen LogP contribution in [0.4, 0.5) is 0 Å². The highest BCUT2D eigenvalue weighted by atomic mass is 16.5. The van der Waals surface area contributed by atoms with Gasteiger partial charge in [-0.15, -0.1) is 0 Å². The van der Waals surface area contributed by atoms with E-state index in [4.69, 9.17) is 4.74 Å². The molecule has 0 fully saturated rings. The summed E-state index contributed by atoms with van der Waals surface area (Å²) >= 11 is 0. The van der Waals surface area contributed by atoms with E-state index in [9.17, 15) is 9.59 Å². The Balaban J connectivity index is 2.87. The maximum absolute atomic E-state index is 13.1. The van der Waals surface area contributed by atoms with Crippen molar-refractivity contribution < 1.29 is 14.3 Å². The normalized spacial score (nSPS) is 14.7. The molecule has 3 atom stereocenters. The molecule has 1 amide bonds. The summed E-state index contributed by atoms with van der Waals surface area (Å²) in [4.78, 5) is 25.4. The summed E-state index contributed by atoms with van der Waals surface area (Å²) in [6, 6.07) is 7.25. The molecule has 0 bridgehead atoms. The zero-order chi connectivity index (χ0) is 22.7. The van der Waals surface area contributed by atoms with E-state index in [-0.39, 0.29) is 23.5 Å². The Hall–Kier alpha value is -2.10. The zero-order valence-corrected chi connectivity index (χ0v) is 19.9. The van der Waals surface area contributed by atoms with E-state index in [0.29, 0.717) is 24.9 Å². The molecule has 30 heavy (non-hydrogen) atoms. The van der Waals surface area contributed by atoms with Gasteiger partial charge >= 0.3 is 0 Å². The van der Waals surface area contributed by atoms with E-state index < -0.39 is 6.04 Å². The monoisotopic (exact) mass is 415 g/mol. The van der Waals surface area contributed by atoms with Crippen LogP contribution < -0.4 is 10.1 Å². The predicted octanol–water partition coefficient (Wildman–Crippen LogP) is 5.60. The molecule has 0 saturated carbocycles. The molecule has 1 aromatic carbocycles. The van der Waals surface area contributed by atoms with Crippen molar-refractivity contribution in [3.8, 4) is 5.75 Å². The van der Waals surface area contributed by atoms with Crippen molar-refractivity contribution in [2.45, 2.75) is 73.8 Å². The third-order valence-corrected chi connectivity index (χ3v) is 5.14. The van der Waals surface area contributed by atoms with Crippen LogP contribution in [0.25, 0.3) is 0 Å². The topological polar surface area (TPSA) is 55.4 Å². The summed E-state index contributed by atoms with van der Waals surface area (Å²) in [7, 11) is 0. The lowest BCUT2D eigenvalue weighted by Gasteiger charge is -2.26. The Morgan fingerprint density at radius 2 is 1.67 bits per heavy atom. The number of rotatable bonds is 13. The Kier molecular flexibility index (Phi) is 11.5. The molecule has 0 heterocycles. The van der Waals surface area contributed by atoms with E-state index >= 15 is 0 Å². The standard InChI is InChI=1S/C26H41NO3/c1-8-15-30-23-13-11-22(12-14-23)17-25(21(7)28)27-26(29)24(16-19(4)5)20(6)10-9-18(2)3/h9-14,18-20,24-25H,8,15-17H2,1-7H3,(H,27,29)/b10-9+/t20-,24-,25+/m1/s1. The van der Waals surface area contributed by atoms with Crippen molar-refractivity contribution in [2.24, 2.45) is 23.7 Å². The number of benzene rings is 1. The van der Waals surface area contributed by atoms with Crippen LogP contribution in [0, 0.1) is 23.7 Å². The second-order valence-electron chi connectivity index (χ2n) is 9.09. The van der Waals surface area contributed by atoms with Crippen LogP contribution in [-0.2, 0) is 16.0 Å². The van der Waals surface area contributed by atoms with Crippen molar-refractivity contribution in [2.75, 3.05) is 6.61 Å². The van der Waals surface area contributed by atoms with E-state index in [1.165, 1.54) is 0 Å². The van der Waals surface area contributed by atoms with Gasteiger partial charge in [0.1, 0.15) is 5.75 Å². The highest BCUT2D eigenvalue weighted by Gasteiger charge is 2.28. The first-order valence-electron chi connectivity index (χ1n) is 11.3. The number of hydrogen-bond acceptors (Lipinski definition) is 3. The first kappa shape index (κ1) is 25.9. The molecule has 0 aromatic heterocycles. The summed E-state index contributed by atoms with van der Waals surface area (Å²) < 4.78 is 5.62. The number of carbonyl (C=O) groups excluding carboxylic acids is 2. The largest absolute Gasteiger partial charge is 0.494 e. The molecule has 1 aromatic rings. The fourth-order valence-corrected chi connectivity index (χ4v) is 3.35. The molecular weight excluding hydrogens is 374 g/mol. The van der Waals surface area contributed by atoms with Crippen LogP contribution in [0.15, 0.2) is 36.4 Å². The number of carbonyl (C=O) groups is 2. The Morgan fingerprint density at radius 3 is 2.17 bits per heavy atom. The van der Waals surface area contributed by atoms with Gasteiger partial charge in [-0.25, -0.2) is 0 Å². The SMILES string of the molecule is CCCOc1ccc(C[C@H](NC(=O)[C@H](CC(C)C)[C@H](C)/C=C/C(C)C)C(C)=O)cc1. The second kappa shape index (κ2) is 13.3. The minimum Gasteiger partial charge on any atom is -0.494 e. The first-order valence-corrected chi connectivity index (χ1v) is 11.3. The van der Waals surface area contributed by atoms with Gasteiger partial charge in [-0.1, -0.05) is 65.8 Å². The van der Waals surface area contributed by atoms with Crippen molar-refractivity contribution in [3.05, 3.63) is 42.0 Å². The van der Waals surface area contributed by atoms with Crippen molar-refractivity contribution in [3.63, 3.8) is 0 Å². The minimum absolute atomic E-state index is 0.0247. The number of hydrogen-bond donors (Lipinski definition) is 1. The molecule has 0 aliphatic carbocycles. The highest BCUT2D eigenvalue weighted by Crippen LogP contribution is 2.23. The molecule has 0 radical (unpaired) electrons. The quantitative estimate of drug-likeness (QED) is 0.427. The van der Waals surface area contributed by atoms with E-state index in [1.54, 1.807) is 6.92 Å². The summed E-state index contributed by atoms with van der Waals surface area (Å²) in [5.74, 6) is 1.60. The molecule has 168 valence electrons. The third-order valence-electron chi connectivity index (χ3n) is 5.14. The van der Waals surface area contributed by atoms with Crippen LogP contribution in [0.5, 0.6) is 5.75 Å². The maximum atomic E-state index is 13.1. The number of Topliss-reactive ketones (excluding diaryl/α,β-unsaturated/α-hetero) is 1. The number of amides is 1. The van der Waals surface area contributed by atoms with Gasteiger partial charge in [0.2, 0.25) is 5.91 Å². The van der Waals surface area contributed by atoms with Gasteiger partial charge in [-0.3, -0.25) is 9.59 Å². The van der Waals surface area contributed by atoms with Crippen LogP contribution in [0.1, 0.15) is 66.9 Å². The molecule has 0 aliphatic heterocycles. The Labute approximate surface area is 183 Å². The molecule has 0 spiro atoms. The minimum atomic E-state index is -0.518. The van der Waals surface area contributed by atoms with Crippen LogP contribution in [0.3, 0.4) is 0 Å². The highest BCUT2D eigenvalue weighted by molar-refractivity contribution is 5.88. The average molecular weight is 416 g/mol. The van der Waals surface area contributed by atoms with E-state index in [1.807, 2.05) is 24.3 Å². The lowest BCUT2D eigenvalue weighted by Crippen LogP contribution is -2.45. The number of allylic oxidation sites excluding steroid dienone is 2. The van der Waals surface area contributed by atoms with Gasteiger partial charge in [0, 0.05) is 5.92 Å². The van der Waals surface area contributed by atoms with Gasteiger partial charge in [-0.05, 0) is 61.6 Å².